The third-order valence-electron chi connectivity index (χ3n) is 2.04. The zero-order valence-corrected chi connectivity index (χ0v) is 9.67. The minimum Gasteiger partial charge on any atom is -0.465 e. The number of hydrogen-bond donors (Lipinski definition) is 4. The van der Waals surface area contributed by atoms with E-state index in [0.29, 0.717) is 25.2 Å². The molecule has 0 bridgehead atoms. The first kappa shape index (κ1) is 13.8. The maximum Gasteiger partial charge on any atom is 0.404 e. The predicted octanol–water partition coefficient (Wildman–Crippen LogP) is -1.75. The number of aryl methyl sites for hydroxylation is 1. The van der Waals surface area contributed by atoms with Crippen LogP contribution in [0.1, 0.15) is 18.7 Å². The van der Waals surface area contributed by atoms with Crippen LogP contribution in [0.5, 0.6) is 0 Å². The van der Waals surface area contributed by atoms with Gasteiger partial charge in [0.05, 0.1) is 0 Å². The monoisotopic (exact) mass is 257 g/mol. The molecule has 18 heavy (non-hydrogen) atoms. The van der Waals surface area contributed by atoms with Gasteiger partial charge in [-0.3, -0.25) is 10.2 Å². The number of aromatic nitrogens is 4. The highest BCUT2D eigenvalue weighted by Gasteiger charge is 2.06. The quantitative estimate of drug-likeness (QED) is 0.196. The summed E-state index contributed by atoms with van der Waals surface area (Å²) in [7, 11) is 0. The normalized spacial score (nSPS) is 10.1. The molecule has 10 nitrogen and oxygen atoms in total. The second-order valence-electron chi connectivity index (χ2n) is 3.49. The highest BCUT2D eigenvalue weighted by atomic mass is 16.4. The molecule has 0 aliphatic heterocycles. The van der Waals surface area contributed by atoms with Gasteiger partial charge >= 0.3 is 6.09 Å². The molecule has 0 aromatic carbocycles. The molecule has 5 N–H and O–H groups in total. The molecule has 0 aliphatic rings. The van der Waals surface area contributed by atoms with Crippen molar-refractivity contribution in [3.63, 3.8) is 0 Å². The largest absolute Gasteiger partial charge is 0.465 e. The zero-order valence-electron chi connectivity index (χ0n) is 9.67. The first-order chi connectivity index (χ1) is 8.61. The standard InChI is InChI=1S/C8H15N7O3/c9-11-7(16)5-15-13-6(12-14-15)3-1-2-4-10-8(17)18/h10H,1-5,9H2,(H,11,16)(H,17,18). The zero-order chi connectivity index (χ0) is 13.4. The van der Waals surface area contributed by atoms with Crippen LogP contribution >= 0.6 is 0 Å². The van der Waals surface area contributed by atoms with Crippen LogP contribution in [0, 0.1) is 0 Å². The van der Waals surface area contributed by atoms with Crippen LogP contribution in [0.15, 0.2) is 0 Å². The molecule has 1 aromatic heterocycles. The average Bonchev–Trinajstić information content (AvgIpc) is 2.75. The van der Waals surface area contributed by atoms with Crippen molar-refractivity contribution < 1.29 is 14.7 Å². The molecule has 0 aliphatic carbocycles. The van der Waals surface area contributed by atoms with E-state index >= 15 is 0 Å². The molecule has 1 heterocycles. The van der Waals surface area contributed by atoms with Gasteiger partial charge in [-0.05, 0) is 18.1 Å². The van der Waals surface area contributed by atoms with E-state index in [1.54, 1.807) is 0 Å². The van der Waals surface area contributed by atoms with E-state index in [1.165, 1.54) is 0 Å². The number of carboxylic acid groups (broad SMARTS) is 1. The van der Waals surface area contributed by atoms with Gasteiger partial charge in [-0.1, -0.05) is 0 Å². The van der Waals surface area contributed by atoms with E-state index < -0.39 is 12.0 Å². The van der Waals surface area contributed by atoms with E-state index in [0.717, 1.165) is 11.2 Å². The average molecular weight is 257 g/mol. The smallest absolute Gasteiger partial charge is 0.404 e. The molecule has 100 valence electrons. The molecule has 0 unspecified atom stereocenters. The van der Waals surface area contributed by atoms with E-state index in [2.05, 4.69) is 20.7 Å². The summed E-state index contributed by atoms with van der Waals surface area (Å²) in [5, 5.41) is 22.0. The van der Waals surface area contributed by atoms with Gasteiger partial charge < -0.3 is 10.4 Å². The number of amides is 2. The van der Waals surface area contributed by atoms with Crippen molar-refractivity contribution in [3.8, 4) is 0 Å². The highest BCUT2D eigenvalue weighted by molar-refractivity contribution is 5.74. The Morgan fingerprint density at radius 2 is 2.17 bits per heavy atom. The minimum absolute atomic E-state index is 0.0793. The molecule has 1 aromatic rings. The number of unbranched alkanes of at least 4 members (excludes halogenated alkanes) is 1. The number of hydrogen-bond acceptors (Lipinski definition) is 6. The Hall–Kier alpha value is -2.23. The molecule has 2 amide bonds. The lowest BCUT2D eigenvalue weighted by Crippen LogP contribution is -2.33. The van der Waals surface area contributed by atoms with Gasteiger partial charge in [0, 0.05) is 13.0 Å². The molecule has 0 fully saturated rings. The number of tetrazole rings is 1. The summed E-state index contributed by atoms with van der Waals surface area (Å²) in [6, 6.07) is 0. The summed E-state index contributed by atoms with van der Waals surface area (Å²) in [5.41, 5.74) is 1.96. The number of nitrogens with two attached hydrogens (primary N) is 1. The van der Waals surface area contributed by atoms with Crippen LogP contribution in [-0.4, -0.2) is 43.9 Å². The number of carbonyl (C=O) groups is 2. The Balaban J connectivity index is 2.23. The summed E-state index contributed by atoms with van der Waals surface area (Å²) in [5.74, 6) is 5.02. The Labute approximate surface area is 102 Å². The highest BCUT2D eigenvalue weighted by Crippen LogP contribution is 1.96. The van der Waals surface area contributed by atoms with Crippen molar-refractivity contribution in [3.05, 3.63) is 5.82 Å². The first-order valence-corrected chi connectivity index (χ1v) is 5.34. The minimum atomic E-state index is -1.04. The Morgan fingerprint density at radius 3 is 2.83 bits per heavy atom. The second-order valence-corrected chi connectivity index (χ2v) is 3.49. The number of carbonyl (C=O) groups excluding carboxylic acids is 1. The summed E-state index contributed by atoms with van der Waals surface area (Å²) >= 11 is 0. The third kappa shape index (κ3) is 5.21. The van der Waals surface area contributed by atoms with Gasteiger partial charge in [-0.25, -0.2) is 10.6 Å². The summed E-state index contributed by atoms with van der Waals surface area (Å²) in [6.07, 6.45) is 0.955. The molecular formula is C8H15N7O3. The van der Waals surface area contributed by atoms with Gasteiger partial charge in [0.2, 0.25) is 0 Å². The molecule has 1 rings (SSSR count). The molecule has 10 heteroatoms. The van der Waals surface area contributed by atoms with Gasteiger partial charge in [-0.2, -0.15) is 4.80 Å². The summed E-state index contributed by atoms with van der Waals surface area (Å²) in [4.78, 5) is 22.2. The topological polar surface area (TPSA) is 148 Å². The molecule has 0 radical (unpaired) electrons. The SMILES string of the molecule is NNC(=O)Cn1nnc(CCCCNC(=O)O)n1. The van der Waals surface area contributed by atoms with E-state index in [1.807, 2.05) is 5.43 Å². The number of hydrazine groups is 1. The molecular weight excluding hydrogens is 242 g/mol. The van der Waals surface area contributed by atoms with E-state index in [4.69, 9.17) is 10.9 Å². The van der Waals surface area contributed by atoms with Crippen molar-refractivity contribution in [1.29, 1.82) is 0 Å². The number of nitrogens with zero attached hydrogens (tertiary/aromatic N) is 4. The maximum absolute atomic E-state index is 10.9. The summed E-state index contributed by atoms with van der Waals surface area (Å²) < 4.78 is 0. The molecule has 0 saturated carbocycles. The van der Waals surface area contributed by atoms with Crippen molar-refractivity contribution in [2.24, 2.45) is 5.84 Å². The predicted molar refractivity (Wildman–Crippen MR) is 59.1 cm³/mol. The maximum atomic E-state index is 10.9. The molecule has 0 saturated heterocycles. The fraction of sp³-hybridized carbons (Fsp3) is 0.625. The van der Waals surface area contributed by atoms with Gasteiger partial charge in [0.25, 0.3) is 5.91 Å². The van der Waals surface area contributed by atoms with Crippen LogP contribution in [0.25, 0.3) is 0 Å². The van der Waals surface area contributed by atoms with Crippen LogP contribution in [0.3, 0.4) is 0 Å². The van der Waals surface area contributed by atoms with Crippen molar-refractivity contribution in [2.45, 2.75) is 25.8 Å². The Kier molecular flexibility index (Phi) is 5.51. The van der Waals surface area contributed by atoms with Gasteiger partial charge in [0.1, 0.15) is 6.54 Å². The summed E-state index contributed by atoms with van der Waals surface area (Å²) in [6.45, 7) is 0.309. The lowest BCUT2D eigenvalue weighted by Gasteiger charge is -1.98. The Bertz CT molecular complexity index is 405. The fourth-order valence-corrected chi connectivity index (χ4v) is 1.22. The first-order valence-electron chi connectivity index (χ1n) is 5.34. The Morgan fingerprint density at radius 1 is 1.39 bits per heavy atom. The van der Waals surface area contributed by atoms with E-state index in [9.17, 15) is 9.59 Å². The lowest BCUT2D eigenvalue weighted by atomic mass is 10.2. The van der Waals surface area contributed by atoms with Crippen LogP contribution in [0.2, 0.25) is 0 Å². The lowest BCUT2D eigenvalue weighted by molar-refractivity contribution is -0.122. The second kappa shape index (κ2) is 7.17. The number of nitrogens with one attached hydrogen (secondary N) is 2. The fourth-order valence-electron chi connectivity index (χ4n) is 1.22. The van der Waals surface area contributed by atoms with Crippen molar-refractivity contribution in [2.75, 3.05) is 6.54 Å². The van der Waals surface area contributed by atoms with Gasteiger partial charge in [-0.15, -0.1) is 10.2 Å². The van der Waals surface area contributed by atoms with Crippen molar-refractivity contribution in [1.82, 2.24) is 30.9 Å². The molecule has 0 atom stereocenters. The van der Waals surface area contributed by atoms with E-state index in [-0.39, 0.29) is 6.54 Å². The van der Waals surface area contributed by atoms with Crippen molar-refractivity contribution >= 4 is 12.0 Å². The molecule has 0 spiro atoms. The number of rotatable bonds is 7. The van der Waals surface area contributed by atoms with Gasteiger partial charge in [0.15, 0.2) is 5.82 Å². The third-order valence-corrected chi connectivity index (χ3v) is 2.04. The van der Waals surface area contributed by atoms with Crippen LogP contribution < -0.4 is 16.6 Å². The van der Waals surface area contributed by atoms with Crippen LogP contribution in [-0.2, 0) is 17.8 Å². The van der Waals surface area contributed by atoms with Crippen LogP contribution in [0.4, 0.5) is 4.79 Å².